The van der Waals surface area contributed by atoms with Gasteiger partial charge in [0.25, 0.3) is 11.8 Å². The molecule has 10 heteroatoms. The third-order valence-electron chi connectivity index (χ3n) is 3.94. The van der Waals surface area contributed by atoms with Crippen LogP contribution >= 0.6 is 12.4 Å². The lowest BCUT2D eigenvalue weighted by Gasteiger charge is -2.23. The van der Waals surface area contributed by atoms with Crippen LogP contribution < -0.4 is 16.0 Å². The van der Waals surface area contributed by atoms with Crippen LogP contribution in [0.2, 0.25) is 0 Å². The second kappa shape index (κ2) is 8.72. The van der Waals surface area contributed by atoms with Crippen molar-refractivity contribution in [2.24, 2.45) is 0 Å². The van der Waals surface area contributed by atoms with E-state index < -0.39 is 29.0 Å². The van der Waals surface area contributed by atoms with Crippen molar-refractivity contribution in [1.82, 2.24) is 20.8 Å². The Morgan fingerprint density at radius 2 is 1.92 bits per heavy atom. The van der Waals surface area contributed by atoms with Gasteiger partial charge in [0.2, 0.25) is 0 Å². The van der Waals surface area contributed by atoms with Gasteiger partial charge < -0.3 is 16.0 Å². The normalized spacial score (nSPS) is 16.5. The van der Waals surface area contributed by atoms with Gasteiger partial charge in [0.15, 0.2) is 0 Å². The molecule has 1 aliphatic rings. The van der Waals surface area contributed by atoms with Crippen molar-refractivity contribution in [3.63, 3.8) is 0 Å². The molecule has 0 saturated carbocycles. The number of rotatable bonds is 4. The molecule has 26 heavy (non-hydrogen) atoms. The largest absolute Gasteiger partial charge is 0.347 e. The SMILES string of the molecule is Cl.O=C(N[C@H]1CCCNC1)c1[nH]ncc1NC(=O)c1c(F)cccc1F. The van der Waals surface area contributed by atoms with Gasteiger partial charge in [0.05, 0.1) is 11.9 Å². The van der Waals surface area contributed by atoms with Crippen LogP contribution in [-0.4, -0.2) is 41.1 Å². The zero-order chi connectivity index (χ0) is 17.8. The lowest BCUT2D eigenvalue weighted by Crippen LogP contribution is -2.45. The van der Waals surface area contributed by atoms with Crippen molar-refractivity contribution in [2.75, 3.05) is 18.4 Å². The molecule has 0 bridgehead atoms. The molecule has 2 aromatic rings. The number of benzene rings is 1. The average Bonchev–Trinajstić information content (AvgIpc) is 3.04. The lowest BCUT2D eigenvalue weighted by molar-refractivity contribution is 0.0926. The summed E-state index contributed by atoms with van der Waals surface area (Å²) in [7, 11) is 0. The van der Waals surface area contributed by atoms with Crippen molar-refractivity contribution in [2.45, 2.75) is 18.9 Å². The summed E-state index contributed by atoms with van der Waals surface area (Å²) in [6.45, 7) is 1.56. The van der Waals surface area contributed by atoms with Gasteiger partial charge in [-0.15, -0.1) is 12.4 Å². The fourth-order valence-corrected chi connectivity index (χ4v) is 2.69. The predicted octanol–water partition coefficient (Wildman–Crippen LogP) is 1.84. The molecule has 3 rings (SSSR count). The van der Waals surface area contributed by atoms with Gasteiger partial charge in [-0.1, -0.05) is 6.07 Å². The Balaban J connectivity index is 0.00000243. The van der Waals surface area contributed by atoms with Crippen LogP contribution in [0.3, 0.4) is 0 Å². The predicted molar refractivity (Wildman–Crippen MR) is 93.5 cm³/mol. The van der Waals surface area contributed by atoms with E-state index in [4.69, 9.17) is 0 Å². The molecule has 0 unspecified atom stereocenters. The van der Waals surface area contributed by atoms with Gasteiger partial charge in [0, 0.05) is 12.6 Å². The molecule has 7 nitrogen and oxygen atoms in total. The summed E-state index contributed by atoms with van der Waals surface area (Å²) >= 11 is 0. The number of amides is 2. The van der Waals surface area contributed by atoms with Crippen LogP contribution in [0.15, 0.2) is 24.4 Å². The molecule has 1 aromatic heterocycles. The average molecular weight is 386 g/mol. The van der Waals surface area contributed by atoms with Gasteiger partial charge in [-0.3, -0.25) is 14.7 Å². The van der Waals surface area contributed by atoms with Gasteiger partial charge in [-0.2, -0.15) is 5.10 Å². The quantitative estimate of drug-likeness (QED) is 0.645. The molecular formula is C16H18ClF2N5O2. The Kier molecular flexibility index (Phi) is 6.64. The summed E-state index contributed by atoms with van der Waals surface area (Å²) in [5.74, 6) is -3.42. The molecule has 0 radical (unpaired) electrons. The molecule has 2 amide bonds. The third kappa shape index (κ3) is 4.36. The number of hydrogen-bond donors (Lipinski definition) is 4. The van der Waals surface area contributed by atoms with Crippen molar-refractivity contribution >= 4 is 29.9 Å². The van der Waals surface area contributed by atoms with E-state index in [-0.39, 0.29) is 29.8 Å². The summed E-state index contributed by atoms with van der Waals surface area (Å²) in [6.07, 6.45) is 3.00. The number of piperidine rings is 1. The van der Waals surface area contributed by atoms with Gasteiger partial charge in [-0.05, 0) is 31.5 Å². The standard InChI is InChI=1S/C16H17F2N5O2.ClH/c17-10-4-1-5-11(18)13(10)15(24)22-12-8-20-23-14(12)16(25)21-9-3-2-6-19-7-9;/h1,4-5,8-9,19H,2-3,6-7H2,(H,20,23)(H,21,25)(H,22,24);1H/t9-;/m0./s1. The van der Waals surface area contributed by atoms with Crippen LogP contribution in [0.5, 0.6) is 0 Å². The minimum absolute atomic E-state index is 0. The van der Waals surface area contributed by atoms with E-state index in [9.17, 15) is 18.4 Å². The maximum absolute atomic E-state index is 13.7. The molecular weight excluding hydrogens is 368 g/mol. The van der Waals surface area contributed by atoms with Gasteiger partial charge >= 0.3 is 0 Å². The fraction of sp³-hybridized carbons (Fsp3) is 0.312. The van der Waals surface area contributed by atoms with Crippen LogP contribution in [0.4, 0.5) is 14.5 Å². The molecule has 0 aliphatic carbocycles. The molecule has 1 aliphatic heterocycles. The minimum Gasteiger partial charge on any atom is -0.347 e. The maximum atomic E-state index is 13.7. The van der Waals surface area contributed by atoms with E-state index in [1.165, 1.54) is 6.20 Å². The third-order valence-corrected chi connectivity index (χ3v) is 3.94. The van der Waals surface area contributed by atoms with Crippen molar-refractivity contribution < 1.29 is 18.4 Å². The number of carbonyl (C=O) groups excluding carboxylic acids is 2. The van der Waals surface area contributed by atoms with Crippen LogP contribution in [0.25, 0.3) is 0 Å². The highest BCUT2D eigenvalue weighted by Crippen LogP contribution is 2.17. The minimum atomic E-state index is -0.995. The number of anilines is 1. The molecule has 1 fully saturated rings. The zero-order valence-electron chi connectivity index (χ0n) is 13.6. The molecule has 4 N–H and O–H groups in total. The van der Waals surface area contributed by atoms with Crippen molar-refractivity contribution in [3.8, 4) is 0 Å². The van der Waals surface area contributed by atoms with E-state index in [0.717, 1.165) is 37.6 Å². The monoisotopic (exact) mass is 385 g/mol. The summed E-state index contributed by atoms with van der Waals surface area (Å²) in [6, 6.07) is 3.10. The number of nitrogens with one attached hydrogen (secondary N) is 4. The van der Waals surface area contributed by atoms with Crippen LogP contribution in [0.1, 0.15) is 33.7 Å². The highest BCUT2D eigenvalue weighted by Gasteiger charge is 2.23. The molecule has 1 atom stereocenters. The zero-order valence-corrected chi connectivity index (χ0v) is 14.5. The van der Waals surface area contributed by atoms with Gasteiger partial charge in [0.1, 0.15) is 22.9 Å². The topological polar surface area (TPSA) is 98.9 Å². The molecule has 2 heterocycles. The second-order valence-corrected chi connectivity index (χ2v) is 5.73. The Morgan fingerprint density at radius 3 is 2.58 bits per heavy atom. The van der Waals surface area contributed by atoms with E-state index in [1.54, 1.807) is 0 Å². The Morgan fingerprint density at radius 1 is 1.19 bits per heavy atom. The number of nitrogens with zero attached hydrogens (tertiary/aromatic N) is 1. The molecule has 1 saturated heterocycles. The summed E-state index contributed by atoms with van der Waals surface area (Å²) < 4.78 is 27.4. The van der Waals surface area contributed by atoms with Crippen LogP contribution in [-0.2, 0) is 0 Å². The number of aromatic amines is 1. The van der Waals surface area contributed by atoms with E-state index in [1.807, 2.05) is 0 Å². The number of aromatic nitrogens is 2. The first-order valence-corrected chi connectivity index (χ1v) is 7.86. The Bertz CT molecular complexity index is 772. The molecule has 1 aromatic carbocycles. The smallest absolute Gasteiger partial charge is 0.271 e. The van der Waals surface area contributed by atoms with Crippen molar-refractivity contribution in [1.29, 1.82) is 0 Å². The Hall–Kier alpha value is -2.52. The summed E-state index contributed by atoms with van der Waals surface area (Å²) in [5, 5.41) is 14.5. The molecule has 140 valence electrons. The number of halogens is 3. The van der Waals surface area contributed by atoms with Crippen molar-refractivity contribution in [3.05, 3.63) is 47.3 Å². The number of H-pyrrole nitrogens is 1. The van der Waals surface area contributed by atoms with Gasteiger partial charge in [-0.25, -0.2) is 8.78 Å². The first kappa shape index (κ1) is 19.8. The first-order valence-electron chi connectivity index (χ1n) is 7.86. The fourth-order valence-electron chi connectivity index (χ4n) is 2.69. The highest BCUT2D eigenvalue weighted by molar-refractivity contribution is 6.08. The number of carbonyl (C=O) groups is 2. The van der Waals surface area contributed by atoms with E-state index in [2.05, 4.69) is 26.1 Å². The van der Waals surface area contributed by atoms with E-state index >= 15 is 0 Å². The summed E-state index contributed by atoms with van der Waals surface area (Å²) in [5.41, 5.74) is -0.642. The summed E-state index contributed by atoms with van der Waals surface area (Å²) in [4.78, 5) is 24.5. The number of hydrogen-bond acceptors (Lipinski definition) is 4. The van der Waals surface area contributed by atoms with Crippen LogP contribution in [0, 0.1) is 11.6 Å². The second-order valence-electron chi connectivity index (χ2n) is 5.73. The Labute approximate surface area is 154 Å². The first-order chi connectivity index (χ1) is 12.1. The molecule has 0 spiro atoms. The maximum Gasteiger partial charge on any atom is 0.271 e. The lowest BCUT2D eigenvalue weighted by atomic mass is 10.1. The highest BCUT2D eigenvalue weighted by atomic mass is 35.5. The van der Waals surface area contributed by atoms with E-state index in [0.29, 0.717) is 6.54 Å².